The molecule has 9 heteroatoms. The quantitative estimate of drug-likeness (QED) is 0.671. The third kappa shape index (κ3) is 5.05. The average molecular weight is 480 g/mol. The van der Waals surface area contributed by atoms with E-state index < -0.39 is 0 Å². The van der Waals surface area contributed by atoms with E-state index in [1.54, 1.807) is 34.9 Å². The maximum absolute atomic E-state index is 12.9. The Bertz CT molecular complexity index is 952. The van der Waals surface area contributed by atoms with Crippen LogP contribution in [0.5, 0.6) is 5.75 Å². The number of halogens is 2. The Morgan fingerprint density at radius 2 is 1.81 bits per heavy atom. The zero-order valence-corrected chi connectivity index (χ0v) is 19.2. The van der Waals surface area contributed by atoms with Gasteiger partial charge in [0, 0.05) is 30.4 Å². The second-order valence-corrected chi connectivity index (χ2v) is 9.78. The number of hydrogen-bond donors (Lipinski definition) is 1. The van der Waals surface area contributed by atoms with Gasteiger partial charge in [0.2, 0.25) is 0 Å². The first kappa shape index (κ1) is 22.1. The zero-order chi connectivity index (χ0) is 21.8. The van der Waals surface area contributed by atoms with E-state index in [1.165, 1.54) is 0 Å². The van der Waals surface area contributed by atoms with Crippen LogP contribution in [0.25, 0.3) is 0 Å². The highest BCUT2D eigenvalue weighted by atomic mass is 35.5. The number of para-hydroxylation sites is 1. The molecule has 2 aromatic rings. The van der Waals surface area contributed by atoms with Gasteiger partial charge in [-0.3, -0.25) is 4.79 Å². The van der Waals surface area contributed by atoms with Crippen LogP contribution in [0.3, 0.4) is 0 Å². The minimum absolute atomic E-state index is 0.0142. The minimum atomic E-state index is -0.272. The lowest BCUT2D eigenvalue weighted by Gasteiger charge is -2.44. The predicted octanol–water partition coefficient (Wildman–Crippen LogP) is 4.97. The molecule has 164 valence electrons. The highest BCUT2D eigenvalue weighted by Crippen LogP contribution is 2.44. The van der Waals surface area contributed by atoms with Gasteiger partial charge in [-0.25, -0.2) is 4.79 Å². The van der Waals surface area contributed by atoms with E-state index in [0.717, 1.165) is 18.6 Å². The number of ether oxygens (including phenoxy) is 1. The number of urea groups is 1. The third-order valence-corrected chi connectivity index (χ3v) is 7.69. The van der Waals surface area contributed by atoms with Crippen LogP contribution in [0.1, 0.15) is 12.8 Å². The van der Waals surface area contributed by atoms with Crippen LogP contribution in [0.15, 0.2) is 48.5 Å². The maximum atomic E-state index is 12.9. The number of likely N-dealkylation sites (tertiary alicyclic amines) is 1. The number of nitrogens with one attached hydrogen (secondary N) is 1. The molecule has 3 amide bonds. The van der Waals surface area contributed by atoms with Crippen molar-refractivity contribution in [3.8, 4) is 5.75 Å². The molecule has 2 heterocycles. The smallest absolute Gasteiger partial charge is 0.321 e. The highest BCUT2D eigenvalue weighted by Gasteiger charge is 2.46. The molecule has 0 aliphatic carbocycles. The number of benzene rings is 2. The standard InChI is InChI=1S/C22H23Cl2N3O3S/c23-16-6-7-19(18(24)14-16)25-21(29)26-10-8-22(9-11-26)27(12-13-31-22)20(28)15-30-17-4-2-1-3-5-17/h1-7,14H,8-13,15H2,(H,25,29). The van der Waals surface area contributed by atoms with Crippen molar-refractivity contribution in [2.45, 2.75) is 17.7 Å². The van der Waals surface area contributed by atoms with Gasteiger partial charge in [-0.15, -0.1) is 11.8 Å². The molecule has 4 rings (SSSR count). The number of amides is 3. The third-order valence-electron chi connectivity index (χ3n) is 5.59. The monoisotopic (exact) mass is 479 g/mol. The summed E-state index contributed by atoms with van der Waals surface area (Å²) in [5.41, 5.74) is 0.529. The largest absolute Gasteiger partial charge is 0.484 e. The summed E-state index contributed by atoms with van der Waals surface area (Å²) in [7, 11) is 0. The number of nitrogens with zero attached hydrogens (tertiary/aromatic N) is 2. The summed E-state index contributed by atoms with van der Waals surface area (Å²) in [5, 5.41) is 3.76. The Balaban J connectivity index is 1.33. The maximum Gasteiger partial charge on any atom is 0.321 e. The van der Waals surface area contributed by atoms with Gasteiger partial charge in [-0.2, -0.15) is 0 Å². The summed E-state index contributed by atoms with van der Waals surface area (Å²) >= 11 is 13.9. The summed E-state index contributed by atoms with van der Waals surface area (Å²) < 4.78 is 5.66. The van der Waals surface area contributed by atoms with Crippen LogP contribution in [0, 0.1) is 0 Å². The van der Waals surface area contributed by atoms with Crippen LogP contribution in [0.2, 0.25) is 10.0 Å². The van der Waals surface area contributed by atoms with Crippen molar-refractivity contribution in [2.24, 2.45) is 0 Å². The van der Waals surface area contributed by atoms with Gasteiger partial charge in [0.15, 0.2) is 6.61 Å². The Kier molecular flexibility index (Phi) is 6.84. The summed E-state index contributed by atoms with van der Waals surface area (Å²) in [6.45, 7) is 1.85. The Hall–Kier alpha value is -2.09. The van der Waals surface area contributed by atoms with Crippen LogP contribution in [-0.2, 0) is 4.79 Å². The Morgan fingerprint density at radius 3 is 2.52 bits per heavy atom. The Morgan fingerprint density at radius 1 is 1.06 bits per heavy atom. The highest BCUT2D eigenvalue weighted by molar-refractivity contribution is 8.00. The number of thioether (sulfide) groups is 1. The van der Waals surface area contributed by atoms with Gasteiger partial charge < -0.3 is 19.9 Å². The lowest BCUT2D eigenvalue weighted by atomic mass is 10.0. The topological polar surface area (TPSA) is 61.9 Å². The molecule has 2 fully saturated rings. The first-order valence-corrected chi connectivity index (χ1v) is 11.8. The molecule has 0 aromatic heterocycles. The van der Waals surface area contributed by atoms with Crippen molar-refractivity contribution < 1.29 is 14.3 Å². The summed E-state index contributed by atoms with van der Waals surface area (Å²) in [5.74, 6) is 1.56. The molecule has 0 saturated carbocycles. The lowest BCUT2D eigenvalue weighted by molar-refractivity contribution is -0.136. The first-order chi connectivity index (χ1) is 15.0. The van der Waals surface area contributed by atoms with E-state index in [1.807, 2.05) is 35.2 Å². The molecule has 31 heavy (non-hydrogen) atoms. The molecule has 0 atom stereocenters. The van der Waals surface area contributed by atoms with E-state index >= 15 is 0 Å². The van der Waals surface area contributed by atoms with Gasteiger partial charge in [0.1, 0.15) is 5.75 Å². The molecule has 2 saturated heterocycles. The fourth-order valence-corrected chi connectivity index (χ4v) is 5.89. The van der Waals surface area contributed by atoms with Crippen LogP contribution in [-0.4, -0.2) is 58.6 Å². The second-order valence-electron chi connectivity index (χ2n) is 7.48. The van der Waals surface area contributed by atoms with Crippen molar-refractivity contribution in [1.29, 1.82) is 0 Å². The lowest BCUT2D eigenvalue weighted by Crippen LogP contribution is -2.55. The normalized spacial score (nSPS) is 17.6. The molecule has 0 radical (unpaired) electrons. The molecule has 1 N–H and O–H groups in total. The number of piperidine rings is 1. The van der Waals surface area contributed by atoms with E-state index in [9.17, 15) is 9.59 Å². The summed E-state index contributed by atoms with van der Waals surface area (Å²) in [4.78, 5) is 29.0. The van der Waals surface area contributed by atoms with E-state index in [4.69, 9.17) is 27.9 Å². The minimum Gasteiger partial charge on any atom is -0.484 e. The number of hydrogen-bond acceptors (Lipinski definition) is 4. The van der Waals surface area contributed by atoms with E-state index in [2.05, 4.69) is 5.32 Å². The molecule has 0 unspecified atom stereocenters. The fourth-order valence-electron chi connectivity index (χ4n) is 3.96. The van der Waals surface area contributed by atoms with Crippen LogP contribution < -0.4 is 10.1 Å². The molecule has 2 aliphatic rings. The van der Waals surface area contributed by atoms with Gasteiger partial charge in [0.25, 0.3) is 5.91 Å². The van der Waals surface area contributed by atoms with E-state index in [-0.39, 0.29) is 23.4 Å². The molecule has 2 aromatic carbocycles. The SMILES string of the molecule is O=C(Nc1ccc(Cl)cc1Cl)N1CCC2(CC1)SCCN2C(=O)COc1ccccc1. The van der Waals surface area contributed by atoms with Crippen molar-refractivity contribution in [2.75, 3.05) is 37.3 Å². The molecule has 1 spiro atoms. The fraction of sp³-hybridized carbons (Fsp3) is 0.364. The second kappa shape index (κ2) is 9.59. The van der Waals surface area contributed by atoms with Gasteiger partial charge in [0.05, 0.1) is 15.6 Å². The number of carbonyl (C=O) groups excluding carboxylic acids is 2. The first-order valence-electron chi connectivity index (χ1n) is 10.1. The Labute approximate surface area is 195 Å². The van der Waals surface area contributed by atoms with Crippen molar-refractivity contribution in [1.82, 2.24) is 9.80 Å². The molecular weight excluding hydrogens is 457 g/mol. The molecular formula is C22H23Cl2N3O3S. The van der Waals surface area contributed by atoms with Crippen molar-refractivity contribution in [3.05, 3.63) is 58.6 Å². The van der Waals surface area contributed by atoms with Crippen LogP contribution >= 0.6 is 35.0 Å². The van der Waals surface area contributed by atoms with Gasteiger partial charge in [-0.05, 0) is 43.2 Å². The predicted molar refractivity (Wildman–Crippen MR) is 125 cm³/mol. The molecule has 0 bridgehead atoms. The summed E-state index contributed by atoms with van der Waals surface area (Å²) in [6.07, 6.45) is 1.44. The van der Waals surface area contributed by atoms with Crippen molar-refractivity contribution >= 4 is 52.6 Å². The van der Waals surface area contributed by atoms with Gasteiger partial charge >= 0.3 is 6.03 Å². The molecule has 2 aliphatic heterocycles. The summed E-state index contributed by atoms with van der Waals surface area (Å²) in [6, 6.07) is 14.1. The van der Waals surface area contributed by atoms with Gasteiger partial charge in [-0.1, -0.05) is 41.4 Å². The van der Waals surface area contributed by atoms with Crippen LogP contribution in [0.4, 0.5) is 10.5 Å². The number of carbonyl (C=O) groups is 2. The number of rotatable bonds is 4. The van der Waals surface area contributed by atoms with Crippen molar-refractivity contribution in [3.63, 3.8) is 0 Å². The van der Waals surface area contributed by atoms with E-state index in [0.29, 0.717) is 41.1 Å². The molecule has 6 nitrogen and oxygen atoms in total. The number of anilines is 1. The average Bonchev–Trinajstić information content (AvgIpc) is 3.18. The zero-order valence-electron chi connectivity index (χ0n) is 16.9.